The number of methoxy groups -OCH3 is 1. The zero-order valence-corrected chi connectivity index (χ0v) is 17.2. The van der Waals surface area contributed by atoms with Crippen LogP contribution in [0.25, 0.3) is 5.65 Å². The maximum atomic E-state index is 12.1. The monoisotopic (exact) mass is 451 g/mol. The molecule has 0 saturated heterocycles. The van der Waals surface area contributed by atoms with Crippen LogP contribution in [0.3, 0.4) is 0 Å². The smallest absolute Gasteiger partial charge is 0.267 e. The summed E-state index contributed by atoms with van der Waals surface area (Å²) < 4.78 is 31.4. The van der Waals surface area contributed by atoms with Gasteiger partial charge in [0.2, 0.25) is 9.84 Å². The van der Waals surface area contributed by atoms with E-state index in [-0.39, 0.29) is 5.16 Å². The first-order valence-corrected chi connectivity index (χ1v) is 11.1. The van der Waals surface area contributed by atoms with Gasteiger partial charge in [-0.2, -0.15) is 4.98 Å². The molecule has 0 N–H and O–H groups in total. The van der Waals surface area contributed by atoms with E-state index >= 15 is 0 Å². The van der Waals surface area contributed by atoms with Crippen molar-refractivity contribution in [2.75, 3.05) is 18.3 Å². The van der Waals surface area contributed by atoms with E-state index in [1.165, 1.54) is 4.52 Å². The summed E-state index contributed by atoms with van der Waals surface area (Å²) in [5.41, 5.74) is 1.60. The summed E-state index contributed by atoms with van der Waals surface area (Å²) in [5.74, 6) is 1.31. The third-order valence-corrected chi connectivity index (χ3v) is 5.76. The Morgan fingerprint density at radius 3 is 2.59 bits per heavy atom. The molecule has 0 amide bonds. The Kier molecular flexibility index (Phi) is 4.55. The van der Waals surface area contributed by atoms with Gasteiger partial charge in [-0.3, -0.25) is 0 Å². The zero-order chi connectivity index (χ0) is 19.2. The third-order valence-electron chi connectivity index (χ3n) is 4.39. The lowest BCUT2D eigenvalue weighted by molar-refractivity contribution is 0.414. The first kappa shape index (κ1) is 18.2. The Balaban J connectivity index is 1.81. The predicted octanol–water partition coefficient (Wildman–Crippen LogP) is 2.47. The van der Waals surface area contributed by atoms with Gasteiger partial charge in [0.25, 0.3) is 5.16 Å². The van der Waals surface area contributed by atoms with E-state index in [2.05, 4.69) is 35.9 Å². The quantitative estimate of drug-likeness (QED) is 0.568. The van der Waals surface area contributed by atoms with E-state index in [0.717, 1.165) is 30.4 Å². The second-order valence-corrected chi connectivity index (χ2v) is 9.24. The van der Waals surface area contributed by atoms with Crippen LogP contribution in [0, 0.1) is 0 Å². The van der Waals surface area contributed by atoms with Crippen LogP contribution in [-0.4, -0.2) is 47.4 Å². The second-order valence-electron chi connectivity index (χ2n) is 6.51. The van der Waals surface area contributed by atoms with E-state index in [1.54, 1.807) is 13.3 Å². The number of benzene rings is 1. The van der Waals surface area contributed by atoms with Gasteiger partial charge in [-0.05, 0) is 46.5 Å². The molecule has 1 aliphatic rings. The summed E-state index contributed by atoms with van der Waals surface area (Å²) in [7, 11) is -1.94. The highest BCUT2D eigenvalue weighted by molar-refractivity contribution is 9.10. The van der Waals surface area contributed by atoms with Crippen molar-refractivity contribution in [3.05, 3.63) is 40.6 Å². The molecule has 1 fully saturated rings. The Morgan fingerprint density at radius 1 is 1.30 bits per heavy atom. The standard InChI is InChI=1S/C17H18BrN5O3S/c1-26-13-7-3-11(4-8-13)10-22(12-5-6-12)16-15-19-9-14(18)23(15)21-17(20-16)27(2,24)25/h3-4,7-9,12H,5-6,10H2,1-2H3. The Hall–Kier alpha value is -2.20. The average Bonchev–Trinajstić information content (AvgIpc) is 3.42. The van der Waals surface area contributed by atoms with Gasteiger partial charge in [-0.15, -0.1) is 5.10 Å². The molecule has 0 aliphatic heterocycles. The number of rotatable bonds is 6. The first-order valence-electron chi connectivity index (χ1n) is 8.38. The normalized spacial score (nSPS) is 14.5. The molecule has 1 aromatic carbocycles. The maximum absolute atomic E-state index is 12.1. The van der Waals surface area contributed by atoms with E-state index < -0.39 is 9.84 Å². The number of hydrogen-bond donors (Lipinski definition) is 0. The van der Waals surface area contributed by atoms with Gasteiger partial charge in [0.05, 0.1) is 13.3 Å². The third kappa shape index (κ3) is 3.63. The molecule has 8 nitrogen and oxygen atoms in total. The van der Waals surface area contributed by atoms with Gasteiger partial charge in [-0.25, -0.2) is 17.9 Å². The summed E-state index contributed by atoms with van der Waals surface area (Å²) >= 11 is 3.37. The highest BCUT2D eigenvalue weighted by atomic mass is 79.9. The van der Waals surface area contributed by atoms with Crippen molar-refractivity contribution in [3.63, 3.8) is 0 Å². The molecule has 0 spiro atoms. The number of nitrogens with zero attached hydrogens (tertiary/aromatic N) is 5. The maximum Gasteiger partial charge on any atom is 0.267 e. The van der Waals surface area contributed by atoms with E-state index in [9.17, 15) is 8.42 Å². The molecule has 0 bridgehead atoms. The summed E-state index contributed by atoms with van der Waals surface area (Å²) in [5, 5.41) is 3.91. The van der Waals surface area contributed by atoms with Crippen molar-refractivity contribution in [3.8, 4) is 5.75 Å². The number of imidazole rings is 1. The zero-order valence-electron chi connectivity index (χ0n) is 14.8. The summed E-state index contributed by atoms with van der Waals surface area (Å²) in [4.78, 5) is 10.9. The lowest BCUT2D eigenvalue weighted by Gasteiger charge is -2.24. The number of aromatic nitrogens is 4. The number of anilines is 1. The van der Waals surface area contributed by atoms with Crippen molar-refractivity contribution in [2.24, 2.45) is 0 Å². The highest BCUT2D eigenvalue weighted by Gasteiger charge is 2.33. The molecular weight excluding hydrogens is 434 g/mol. The van der Waals surface area contributed by atoms with Crippen LogP contribution in [-0.2, 0) is 16.4 Å². The average molecular weight is 452 g/mol. The molecule has 4 rings (SSSR count). The number of sulfone groups is 1. The Bertz CT molecular complexity index is 1090. The molecule has 1 saturated carbocycles. The van der Waals surface area contributed by atoms with Gasteiger partial charge in [0.15, 0.2) is 11.5 Å². The lowest BCUT2D eigenvalue weighted by Crippen LogP contribution is -2.28. The minimum atomic E-state index is -3.57. The molecule has 27 heavy (non-hydrogen) atoms. The minimum Gasteiger partial charge on any atom is -0.497 e. The molecule has 0 unspecified atom stereocenters. The van der Waals surface area contributed by atoms with Crippen LogP contribution >= 0.6 is 15.9 Å². The van der Waals surface area contributed by atoms with Gasteiger partial charge in [0, 0.05) is 18.8 Å². The van der Waals surface area contributed by atoms with Crippen molar-refractivity contribution in [1.29, 1.82) is 0 Å². The van der Waals surface area contributed by atoms with Crippen LogP contribution in [0.15, 0.2) is 40.2 Å². The van der Waals surface area contributed by atoms with Crippen LogP contribution in [0.5, 0.6) is 5.75 Å². The van der Waals surface area contributed by atoms with Crippen LogP contribution in [0.2, 0.25) is 0 Å². The number of fused-ring (bicyclic) bond motifs is 1. The topological polar surface area (TPSA) is 89.7 Å². The van der Waals surface area contributed by atoms with Crippen LogP contribution < -0.4 is 9.64 Å². The molecular formula is C17H18BrN5O3S. The van der Waals surface area contributed by atoms with Gasteiger partial charge < -0.3 is 9.64 Å². The summed E-state index contributed by atoms with van der Waals surface area (Å²) in [6, 6.07) is 8.10. The fraction of sp³-hybridized carbons (Fsp3) is 0.353. The fourth-order valence-electron chi connectivity index (χ4n) is 2.86. The van der Waals surface area contributed by atoms with Gasteiger partial charge in [0.1, 0.15) is 10.4 Å². The molecule has 3 aromatic rings. The van der Waals surface area contributed by atoms with Crippen molar-refractivity contribution >= 4 is 37.2 Å². The molecule has 142 valence electrons. The largest absolute Gasteiger partial charge is 0.497 e. The highest BCUT2D eigenvalue weighted by Crippen LogP contribution is 2.35. The van der Waals surface area contributed by atoms with Gasteiger partial charge >= 0.3 is 0 Å². The molecule has 2 aromatic heterocycles. The number of ether oxygens (including phenoxy) is 1. The first-order chi connectivity index (χ1) is 12.9. The molecule has 10 heteroatoms. The summed E-state index contributed by atoms with van der Waals surface area (Å²) in [6.45, 7) is 0.592. The van der Waals surface area contributed by atoms with E-state index in [0.29, 0.717) is 28.7 Å². The van der Waals surface area contributed by atoms with Crippen molar-refractivity contribution in [2.45, 2.75) is 30.6 Å². The minimum absolute atomic E-state index is 0.218. The Morgan fingerprint density at radius 2 is 2.00 bits per heavy atom. The molecule has 1 aliphatic carbocycles. The van der Waals surface area contributed by atoms with E-state index in [4.69, 9.17) is 4.74 Å². The lowest BCUT2D eigenvalue weighted by atomic mass is 10.2. The predicted molar refractivity (Wildman–Crippen MR) is 104 cm³/mol. The van der Waals surface area contributed by atoms with Crippen LogP contribution in [0.1, 0.15) is 18.4 Å². The number of hydrogen-bond acceptors (Lipinski definition) is 7. The fourth-order valence-corrected chi connectivity index (χ4v) is 3.69. The molecule has 0 radical (unpaired) electrons. The molecule has 0 atom stereocenters. The molecule has 2 heterocycles. The second kappa shape index (κ2) is 6.75. The van der Waals surface area contributed by atoms with Crippen molar-refractivity contribution < 1.29 is 13.2 Å². The number of halogens is 1. The van der Waals surface area contributed by atoms with Crippen molar-refractivity contribution in [1.82, 2.24) is 19.6 Å². The Labute approximate surface area is 165 Å². The van der Waals surface area contributed by atoms with E-state index in [1.807, 2.05) is 24.3 Å². The van der Waals surface area contributed by atoms with Gasteiger partial charge in [-0.1, -0.05) is 12.1 Å². The SMILES string of the molecule is COc1ccc(CN(c2nc(S(C)(=O)=O)nn3c(Br)cnc23)C2CC2)cc1. The summed E-state index contributed by atoms with van der Waals surface area (Å²) in [6.07, 6.45) is 4.76. The van der Waals surface area contributed by atoms with Crippen LogP contribution in [0.4, 0.5) is 5.82 Å².